The van der Waals surface area contributed by atoms with Gasteiger partial charge in [-0.05, 0) is 56.3 Å². The molecule has 10 heteroatoms. The molecule has 0 amide bonds. The van der Waals surface area contributed by atoms with Gasteiger partial charge in [0.1, 0.15) is 18.1 Å². The molecule has 0 spiro atoms. The highest BCUT2D eigenvalue weighted by molar-refractivity contribution is 6.39. The molecule has 1 N–H and O–H groups in total. The first-order chi connectivity index (χ1) is 17.9. The third kappa shape index (κ3) is 4.37. The minimum Gasteiger partial charge on any atom is -0.368 e. The van der Waals surface area contributed by atoms with Crippen LogP contribution in [0.5, 0.6) is 0 Å². The minimum atomic E-state index is -0.601. The van der Waals surface area contributed by atoms with Crippen LogP contribution in [0.2, 0.25) is 10.0 Å². The second-order valence-electron chi connectivity index (χ2n) is 10.1. The van der Waals surface area contributed by atoms with Gasteiger partial charge in [0.05, 0.1) is 22.4 Å². The fraction of sp³-hybridized carbons (Fsp3) is 0.370. The number of carbonyl (C=O) groups excluding carboxylic acids is 1. The largest absolute Gasteiger partial charge is 0.368 e. The van der Waals surface area contributed by atoms with E-state index < -0.39 is 6.04 Å². The smallest absolute Gasteiger partial charge is 0.229 e. The number of nitrogens with zero attached hydrogens (tertiary/aromatic N) is 6. The van der Waals surface area contributed by atoms with E-state index in [0.717, 1.165) is 25.1 Å². The lowest BCUT2D eigenvalue weighted by Crippen LogP contribution is -2.51. The van der Waals surface area contributed by atoms with Crippen LogP contribution in [0.4, 0.5) is 28.8 Å². The number of carbonyl (C=O) groups is 1. The Morgan fingerprint density at radius 3 is 2.32 bits per heavy atom. The number of para-hydroxylation sites is 1. The SMILES string of the molecule is CN1CN(c2c(Cl)cccc2Cl)C(C=O)c2cnc(Nc3ccc(N4CC5CCC(C4)N5C)cc3)nc21. The summed E-state index contributed by atoms with van der Waals surface area (Å²) >= 11 is 12.9. The Hall–Kier alpha value is -3.07. The van der Waals surface area contributed by atoms with Crippen molar-refractivity contribution in [1.29, 1.82) is 0 Å². The van der Waals surface area contributed by atoms with Crippen molar-refractivity contribution in [2.45, 2.75) is 31.0 Å². The molecule has 3 atom stereocenters. The van der Waals surface area contributed by atoms with Crippen molar-refractivity contribution in [3.05, 3.63) is 64.3 Å². The zero-order valence-electron chi connectivity index (χ0n) is 20.8. The van der Waals surface area contributed by atoms with Gasteiger partial charge in [-0.3, -0.25) is 4.90 Å². The van der Waals surface area contributed by atoms with Crippen molar-refractivity contribution in [1.82, 2.24) is 14.9 Å². The van der Waals surface area contributed by atoms with Crippen LogP contribution in [0.1, 0.15) is 24.4 Å². The highest BCUT2D eigenvalue weighted by Gasteiger charge is 2.37. The topological polar surface area (TPSA) is 67.8 Å². The second-order valence-corrected chi connectivity index (χ2v) is 10.9. The number of anilines is 5. The molecular formula is C27H29Cl2N7O. The average molecular weight is 538 g/mol. The molecule has 3 aliphatic rings. The number of fused-ring (bicyclic) bond motifs is 3. The number of rotatable bonds is 5. The molecule has 2 saturated heterocycles. The third-order valence-corrected chi connectivity index (χ3v) is 8.48. The van der Waals surface area contributed by atoms with Crippen LogP contribution in [0.15, 0.2) is 48.7 Å². The molecule has 2 bridgehead atoms. The van der Waals surface area contributed by atoms with E-state index >= 15 is 0 Å². The van der Waals surface area contributed by atoms with Crippen molar-refractivity contribution < 1.29 is 4.79 Å². The molecule has 2 fully saturated rings. The normalized spacial score (nSPS) is 23.2. The number of halogens is 2. The van der Waals surface area contributed by atoms with E-state index in [-0.39, 0.29) is 0 Å². The Labute approximate surface area is 226 Å². The van der Waals surface area contributed by atoms with Crippen LogP contribution in [-0.2, 0) is 4.79 Å². The van der Waals surface area contributed by atoms with Gasteiger partial charge in [0, 0.05) is 55.4 Å². The summed E-state index contributed by atoms with van der Waals surface area (Å²) in [6, 6.07) is 14.5. The zero-order chi connectivity index (χ0) is 25.7. The van der Waals surface area contributed by atoms with Gasteiger partial charge in [0.2, 0.25) is 5.95 Å². The number of aromatic nitrogens is 2. The summed E-state index contributed by atoms with van der Waals surface area (Å²) in [5, 5.41) is 4.29. The summed E-state index contributed by atoms with van der Waals surface area (Å²) in [6.45, 7) is 2.56. The van der Waals surface area contributed by atoms with E-state index in [1.807, 2.05) is 16.8 Å². The van der Waals surface area contributed by atoms with Crippen LogP contribution in [-0.4, -0.2) is 67.1 Å². The predicted molar refractivity (Wildman–Crippen MR) is 150 cm³/mol. The maximum atomic E-state index is 12.2. The van der Waals surface area contributed by atoms with Crippen molar-refractivity contribution in [3.8, 4) is 0 Å². The first kappa shape index (κ1) is 24.3. The van der Waals surface area contributed by atoms with Crippen LogP contribution >= 0.6 is 23.2 Å². The summed E-state index contributed by atoms with van der Waals surface area (Å²) in [5.41, 5.74) is 3.48. The van der Waals surface area contributed by atoms with Crippen LogP contribution in [0.25, 0.3) is 0 Å². The van der Waals surface area contributed by atoms with Gasteiger partial charge in [-0.15, -0.1) is 0 Å². The van der Waals surface area contributed by atoms with Crippen LogP contribution in [0, 0.1) is 0 Å². The zero-order valence-corrected chi connectivity index (χ0v) is 22.3. The molecule has 4 heterocycles. The molecule has 6 rings (SSSR count). The third-order valence-electron chi connectivity index (χ3n) is 7.87. The molecule has 3 aromatic rings. The number of nitrogens with one attached hydrogen (secondary N) is 1. The van der Waals surface area contributed by atoms with Gasteiger partial charge < -0.3 is 24.8 Å². The van der Waals surface area contributed by atoms with E-state index in [2.05, 4.69) is 51.4 Å². The molecule has 3 aliphatic heterocycles. The van der Waals surface area contributed by atoms with E-state index in [9.17, 15) is 4.79 Å². The fourth-order valence-corrected chi connectivity index (χ4v) is 6.45. The van der Waals surface area contributed by atoms with Gasteiger partial charge in [0.15, 0.2) is 0 Å². The maximum absolute atomic E-state index is 12.2. The summed E-state index contributed by atoms with van der Waals surface area (Å²) in [5.74, 6) is 1.17. The number of piperazine rings is 1. The van der Waals surface area contributed by atoms with E-state index in [1.165, 1.54) is 18.5 Å². The standard InChI is InChI=1S/C27H29Cl2N7O/c1-33-16-36(25-22(28)4-3-5-23(25)29)24(15-37)21-12-30-27(32-26(21)33)31-17-6-8-18(9-7-17)35-13-19-10-11-20(14-35)34(19)2/h3-9,12,15,19-20,24H,10-11,13-14,16H2,1-2H3,(H,30,31,32). The number of hydrogen-bond donors (Lipinski definition) is 1. The molecule has 2 aromatic carbocycles. The van der Waals surface area contributed by atoms with Gasteiger partial charge >= 0.3 is 0 Å². The minimum absolute atomic E-state index is 0.401. The maximum Gasteiger partial charge on any atom is 0.229 e. The summed E-state index contributed by atoms with van der Waals surface area (Å²) in [6.07, 6.45) is 5.15. The van der Waals surface area contributed by atoms with Gasteiger partial charge in [0.25, 0.3) is 0 Å². The van der Waals surface area contributed by atoms with Crippen molar-refractivity contribution in [3.63, 3.8) is 0 Å². The first-order valence-electron chi connectivity index (χ1n) is 12.5. The quantitative estimate of drug-likeness (QED) is 0.458. The van der Waals surface area contributed by atoms with Crippen molar-refractivity contribution in [2.24, 2.45) is 0 Å². The summed E-state index contributed by atoms with van der Waals surface area (Å²) in [7, 11) is 4.18. The molecule has 37 heavy (non-hydrogen) atoms. The molecule has 8 nitrogen and oxygen atoms in total. The van der Waals surface area contributed by atoms with Crippen molar-refractivity contribution >= 4 is 58.3 Å². The molecule has 0 radical (unpaired) electrons. The monoisotopic (exact) mass is 537 g/mol. The van der Waals surface area contributed by atoms with Gasteiger partial charge in [-0.25, -0.2) is 4.98 Å². The molecule has 3 unspecified atom stereocenters. The Kier molecular flexibility index (Phi) is 6.34. The average Bonchev–Trinajstić information content (AvgIpc) is 3.09. The van der Waals surface area contributed by atoms with Gasteiger partial charge in [-0.2, -0.15) is 4.98 Å². The van der Waals surface area contributed by atoms with Gasteiger partial charge in [-0.1, -0.05) is 29.3 Å². The Morgan fingerprint density at radius 2 is 1.68 bits per heavy atom. The Morgan fingerprint density at radius 1 is 1.00 bits per heavy atom. The highest BCUT2D eigenvalue weighted by Crippen LogP contribution is 2.42. The predicted octanol–water partition coefficient (Wildman–Crippen LogP) is 4.96. The number of hydrogen-bond acceptors (Lipinski definition) is 8. The first-order valence-corrected chi connectivity index (χ1v) is 13.3. The van der Waals surface area contributed by atoms with Crippen molar-refractivity contribution in [2.75, 3.05) is 53.9 Å². The lowest BCUT2D eigenvalue weighted by molar-refractivity contribution is -0.109. The fourth-order valence-electron chi connectivity index (χ4n) is 5.84. The Bertz CT molecular complexity index is 1290. The van der Waals surface area contributed by atoms with Crippen LogP contribution in [0.3, 0.4) is 0 Å². The van der Waals surface area contributed by atoms with E-state index in [1.54, 1.807) is 24.4 Å². The van der Waals surface area contributed by atoms with Crippen LogP contribution < -0.4 is 20.0 Å². The molecule has 0 aliphatic carbocycles. The van der Waals surface area contributed by atoms with E-state index in [0.29, 0.717) is 51.8 Å². The molecular weight excluding hydrogens is 509 g/mol. The molecule has 1 aromatic heterocycles. The molecule has 0 saturated carbocycles. The number of aldehydes is 1. The lowest BCUT2D eigenvalue weighted by atomic mass is 10.1. The lowest BCUT2D eigenvalue weighted by Gasteiger charge is -2.41. The highest BCUT2D eigenvalue weighted by atomic mass is 35.5. The summed E-state index contributed by atoms with van der Waals surface area (Å²) < 4.78 is 0. The number of benzene rings is 2. The number of likely N-dealkylation sites (N-methyl/N-ethyl adjacent to an activating group) is 1. The van der Waals surface area contributed by atoms with E-state index in [4.69, 9.17) is 28.2 Å². The summed E-state index contributed by atoms with van der Waals surface area (Å²) in [4.78, 5) is 30.4. The Balaban J connectivity index is 1.21. The molecule has 192 valence electrons. The second kappa shape index (κ2) is 9.67.